The molecule has 6 heteroatoms. The molecule has 0 atom stereocenters. The van der Waals surface area contributed by atoms with Crippen molar-refractivity contribution < 1.29 is 14.2 Å². The van der Waals surface area contributed by atoms with E-state index in [1.807, 2.05) is 13.0 Å². The lowest BCUT2D eigenvalue weighted by Crippen LogP contribution is -2.10. The second-order valence-corrected chi connectivity index (χ2v) is 4.01. The van der Waals surface area contributed by atoms with Gasteiger partial charge in [0.2, 0.25) is 5.75 Å². The number of hydrazine groups is 1. The van der Waals surface area contributed by atoms with E-state index in [1.165, 1.54) is 0 Å². The molecule has 0 unspecified atom stereocenters. The van der Waals surface area contributed by atoms with Crippen molar-refractivity contribution in [2.24, 2.45) is 5.84 Å². The van der Waals surface area contributed by atoms with Crippen LogP contribution in [0.15, 0.2) is 12.1 Å². The Morgan fingerprint density at radius 2 is 1.74 bits per heavy atom. The molecule has 0 aliphatic carbocycles. The number of nitrogens with two attached hydrogens (primary N) is 1. The average Bonchev–Trinajstić information content (AvgIpc) is 2.44. The molecule has 2 aromatic rings. The molecule has 102 valence electrons. The summed E-state index contributed by atoms with van der Waals surface area (Å²) in [5.74, 6) is 7.76. The van der Waals surface area contributed by atoms with Crippen molar-refractivity contribution in [1.82, 2.24) is 4.98 Å². The van der Waals surface area contributed by atoms with E-state index in [9.17, 15) is 0 Å². The van der Waals surface area contributed by atoms with Crippen molar-refractivity contribution in [2.45, 2.75) is 6.92 Å². The van der Waals surface area contributed by atoms with E-state index in [1.54, 1.807) is 27.4 Å². The van der Waals surface area contributed by atoms with E-state index in [0.717, 1.165) is 10.9 Å². The number of rotatable bonds is 4. The topological polar surface area (TPSA) is 78.6 Å². The van der Waals surface area contributed by atoms with Crippen LogP contribution < -0.4 is 25.5 Å². The molecule has 0 saturated heterocycles. The van der Waals surface area contributed by atoms with Crippen LogP contribution in [-0.2, 0) is 0 Å². The van der Waals surface area contributed by atoms with Crippen molar-refractivity contribution in [3.8, 4) is 17.2 Å². The molecule has 0 spiro atoms. The summed E-state index contributed by atoms with van der Waals surface area (Å²) < 4.78 is 16.1. The number of hydrogen-bond acceptors (Lipinski definition) is 6. The molecule has 0 fully saturated rings. The Hall–Kier alpha value is -2.21. The third kappa shape index (κ3) is 2.10. The maximum Gasteiger partial charge on any atom is 0.204 e. The van der Waals surface area contributed by atoms with Gasteiger partial charge in [-0.25, -0.2) is 10.8 Å². The largest absolute Gasteiger partial charge is 0.493 e. The summed E-state index contributed by atoms with van der Waals surface area (Å²) in [7, 11) is 4.73. The van der Waals surface area contributed by atoms with E-state index < -0.39 is 0 Å². The highest BCUT2D eigenvalue weighted by Gasteiger charge is 2.17. The van der Waals surface area contributed by atoms with Gasteiger partial charge in [-0.15, -0.1) is 0 Å². The number of nitrogens with one attached hydrogen (secondary N) is 1. The van der Waals surface area contributed by atoms with Gasteiger partial charge in [0.1, 0.15) is 5.82 Å². The molecule has 0 bridgehead atoms. The van der Waals surface area contributed by atoms with Crippen LogP contribution in [0, 0.1) is 6.92 Å². The Balaban J connectivity index is 2.84. The van der Waals surface area contributed by atoms with Crippen LogP contribution in [-0.4, -0.2) is 26.3 Å². The Labute approximate surface area is 111 Å². The predicted octanol–water partition coefficient (Wildman–Crippen LogP) is 1.85. The Morgan fingerprint density at radius 3 is 2.26 bits per heavy atom. The lowest BCUT2D eigenvalue weighted by atomic mass is 10.1. The summed E-state index contributed by atoms with van der Waals surface area (Å²) in [5, 5.41) is 0.844. The van der Waals surface area contributed by atoms with E-state index in [4.69, 9.17) is 20.1 Å². The monoisotopic (exact) mass is 263 g/mol. The molecule has 1 aromatic heterocycles. The van der Waals surface area contributed by atoms with Crippen LogP contribution in [0.3, 0.4) is 0 Å². The first-order valence-corrected chi connectivity index (χ1v) is 5.73. The number of fused-ring (bicyclic) bond motifs is 1. The summed E-state index contributed by atoms with van der Waals surface area (Å²) in [5.41, 5.74) is 4.20. The van der Waals surface area contributed by atoms with Crippen LogP contribution in [0.1, 0.15) is 5.56 Å². The fourth-order valence-corrected chi connectivity index (χ4v) is 2.04. The molecule has 0 aliphatic rings. The Morgan fingerprint density at radius 1 is 1.05 bits per heavy atom. The van der Waals surface area contributed by atoms with E-state index in [-0.39, 0.29) is 0 Å². The SMILES string of the molecule is COc1cc2nc(NN)c(C)cc2c(OC)c1OC. The van der Waals surface area contributed by atoms with Gasteiger partial charge < -0.3 is 19.6 Å². The van der Waals surface area contributed by atoms with Gasteiger partial charge in [-0.1, -0.05) is 0 Å². The summed E-state index contributed by atoms with van der Waals surface area (Å²) in [6.45, 7) is 1.91. The molecule has 0 aliphatic heterocycles. The minimum atomic E-state index is 0.548. The van der Waals surface area contributed by atoms with Gasteiger partial charge >= 0.3 is 0 Å². The number of aryl methyl sites for hydroxylation is 1. The third-order valence-electron chi connectivity index (χ3n) is 2.95. The van der Waals surface area contributed by atoms with E-state index in [0.29, 0.717) is 28.6 Å². The quantitative estimate of drug-likeness (QED) is 0.647. The molecule has 19 heavy (non-hydrogen) atoms. The molecule has 0 saturated carbocycles. The first kappa shape index (κ1) is 13.2. The van der Waals surface area contributed by atoms with Crippen molar-refractivity contribution in [1.29, 1.82) is 0 Å². The highest BCUT2D eigenvalue weighted by molar-refractivity contribution is 5.92. The van der Waals surface area contributed by atoms with Gasteiger partial charge in [0.25, 0.3) is 0 Å². The molecular formula is C13H17N3O3. The van der Waals surface area contributed by atoms with Crippen LogP contribution in [0.2, 0.25) is 0 Å². The first-order chi connectivity index (χ1) is 9.15. The standard InChI is InChI=1S/C13H17N3O3/c1-7-5-8-9(15-13(7)16-14)6-10(17-2)12(19-4)11(8)18-3/h5-6H,14H2,1-4H3,(H,15,16). The first-order valence-electron chi connectivity index (χ1n) is 5.73. The van der Waals surface area contributed by atoms with Gasteiger partial charge in [0.15, 0.2) is 11.5 Å². The molecule has 1 aromatic carbocycles. The van der Waals surface area contributed by atoms with Crippen molar-refractivity contribution in [3.05, 3.63) is 17.7 Å². The predicted molar refractivity (Wildman–Crippen MR) is 73.9 cm³/mol. The molecular weight excluding hydrogens is 246 g/mol. The van der Waals surface area contributed by atoms with Crippen LogP contribution in [0.5, 0.6) is 17.2 Å². The van der Waals surface area contributed by atoms with Crippen LogP contribution in [0.4, 0.5) is 5.82 Å². The number of nitrogen functional groups attached to an aromatic ring is 1. The zero-order valence-electron chi connectivity index (χ0n) is 11.4. The molecule has 1 heterocycles. The number of methoxy groups -OCH3 is 3. The third-order valence-corrected chi connectivity index (χ3v) is 2.95. The van der Waals surface area contributed by atoms with E-state index >= 15 is 0 Å². The molecule has 2 rings (SSSR count). The Kier molecular flexibility index (Phi) is 3.62. The maximum absolute atomic E-state index is 5.44. The van der Waals surface area contributed by atoms with Gasteiger partial charge in [-0.05, 0) is 18.6 Å². The highest BCUT2D eigenvalue weighted by atomic mass is 16.5. The number of ether oxygens (including phenoxy) is 3. The van der Waals surface area contributed by atoms with Gasteiger partial charge in [-0.2, -0.15) is 0 Å². The number of anilines is 1. The number of hydrogen-bond donors (Lipinski definition) is 2. The second kappa shape index (κ2) is 5.19. The average molecular weight is 263 g/mol. The van der Waals surface area contributed by atoms with Gasteiger partial charge in [-0.3, -0.25) is 0 Å². The van der Waals surface area contributed by atoms with Crippen molar-refractivity contribution in [2.75, 3.05) is 26.8 Å². The van der Waals surface area contributed by atoms with Crippen LogP contribution >= 0.6 is 0 Å². The number of pyridine rings is 1. The summed E-state index contributed by atoms with van der Waals surface area (Å²) in [4.78, 5) is 4.43. The number of aromatic nitrogens is 1. The summed E-state index contributed by atoms with van der Waals surface area (Å²) >= 11 is 0. The Bertz CT molecular complexity index is 614. The fraction of sp³-hybridized carbons (Fsp3) is 0.308. The lowest BCUT2D eigenvalue weighted by Gasteiger charge is -2.15. The molecule has 0 amide bonds. The lowest BCUT2D eigenvalue weighted by molar-refractivity contribution is 0.327. The van der Waals surface area contributed by atoms with Crippen molar-refractivity contribution >= 4 is 16.7 Å². The minimum Gasteiger partial charge on any atom is -0.493 e. The van der Waals surface area contributed by atoms with Gasteiger partial charge in [0, 0.05) is 11.5 Å². The number of nitrogens with zero attached hydrogens (tertiary/aromatic N) is 1. The van der Waals surface area contributed by atoms with Gasteiger partial charge in [0.05, 0.1) is 26.8 Å². The summed E-state index contributed by atoms with van der Waals surface area (Å²) in [6.07, 6.45) is 0. The minimum absolute atomic E-state index is 0.548. The second-order valence-electron chi connectivity index (χ2n) is 4.01. The highest BCUT2D eigenvalue weighted by Crippen LogP contribution is 2.43. The van der Waals surface area contributed by atoms with Crippen LogP contribution in [0.25, 0.3) is 10.9 Å². The van der Waals surface area contributed by atoms with Crippen molar-refractivity contribution in [3.63, 3.8) is 0 Å². The molecule has 6 nitrogen and oxygen atoms in total. The normalized spacial score (nSPS) is 10.4. The molecule has 0 radical (unpaired) electrons. The zero-order valence-corrected chi connectivity index (χ0v) is 11.4. The zero-order chi connectivity index (χ0) is 14.0. The maximum atomic E-state index is 5.44. The van der Waals surface area contributed by atoms with E-state index in [2.05, 4.69) is 10.4 Å². The summed E-state index contributed by atoms with van der Waals surface area (Å²) in [6, 6.07) is 3.73. The number of benzene rings is 1. The smallest absolute Gasteiger partial charge is 0.204 e. The fourth-order valence-electron chi connectivity index (χ4n) is 2.04. The molecule has 3 N–H and O–H groups in total.